The smallest absolute Gasteiger partial charge is 0.277 e. The van der Waals surface area contributed by atoms with Gasteiger partial charge in [-0.2, -0.15) is 0 Å². The number of aryl methyl sites for hydroxylation is 1. The molecule has 1 amide bonds. The summed E-state index contributed by atoms with van der Waals surface area (Å²) >= 11 is 2.81. The second-order valence-corrected chi connectivity index (χ2v) is 7.10. The number of rotatable bonds is 7. The number of furan rings is 1. The quantitative estimate of drug-likeness (QED) is 0.596. The molecule has 126 valence electrons. The fourth-order valence-electron chi connectivity index (χ4n) is 1.97. The Hall–Kier alpha value is -2.13. The third-order valence-corrected chi connectivity index (χ3v) is 4.79. The summed E-state index contributed by atoms with van der Waals surface area (Å²) in [4.78, 5) is 18.1. The molecule has 0 atom stereocenters. The molecule has 0 aromatic carbocycles. The minimum Gasteiger partial charge on any atom is -0.467 e. The fraction of sp³-hybridized carbons (Fsp3) is 0.333. The van der Waals surface area contributed by atoms with Crippen molar-refractivity contribution in [1.29, 1.82) is 0 Å². The van der Waals surface area contributed by atoms with Crippen molar-refractivity contribution < 1.29 is 13.6 Å². The number of nitrogens with zero attached hydrogens (tertiary/aromatic N) is 4. The highest BCUT2D eigenvalue weighted by Gasteiger charge is 2.14. The summed E-state index contributed by atoms with van der Waals surface area (Å²) in [6.07, 6.45) is 2.09. The van der Waals surface area contributed by atoms with E-state index in [4.69, 9.17) is 8.83 Å². The van der Waals surface area contributed by atoms with E-state index in [9.17, 15) is 4.79 Å². The first-order chi connectivity index (χ1) is 11.6. The van der Waals surface area contributed by atoms with Crippen LogP contribution >= 0.6 is 23.1 Å². The van der Waals surface area contributed by atoms with Gasteiger partial charge in [0, 0.05) is 12.4 Å². The summed E-state index contributed by atoms with van der Waals surface area (Å²) in [7, 11) is 1.73. The maximum Gasteiger partial charge on any atom is 0.277 e. The van der Waals surface area contributed by atoms with E-state index < -0.39 is 0 Å². The lowest BCUT2D eigenvalue weighted by molar-refractivity contribution is -0.127. The minimum atomic E-state index is -0.0359. The number of hydrogen-bond acceptors (Lipinski definition) is 8. The number of amides is 1. The zero-order valence-electron chi connectivity index (χ0n) is 13.3. The van der Waals surface area contributed by atoms with Crippen LogP contribution in [-0.2, 0) is 17.8 Å². The normalized spacial score (nSPS) is 10.9. The average Bonchev–Trinajstić information content (AvgIpc) is 3.29. The van der Waals surface area contributed by atoms with Gasteiger partial charge < -0.3 is 13.7 Å². The van der Waals surface area contributed by atoms with Gasteiger partial charge in [-0.3, -0.25) is 4.79 Å². The number of carbonyl (C=O) groups excluding carboxylic acids is 1. The van der Waals surface area contributed by atoms with Crippen molar-refractivity contribution >= 4 is 29.0 Å². The van der Waals surface area contributed by atoms with E-state index in [0.29, 0.717) is 24.1 Å². The minimum absolute atomic E-state index is 0.0359. The maximum absolute atomic E-state index is 12.1. The largest absolute Gasteiger partial charge is 0.467 e. The lowest BCUT2D eigenvalue weighted by Crippen LogP contribution is -2.27. The standard InChI is InChI=1S/C15H16N4O3S2/c1-10-16-11(8-23-10)6-13-17-18-15(22-13)24-9-14(20)19(2)7-12-4-3-5-21-12/h3-5,8H,6-7,9H2,1-2H3. The van der Waals surface area contributed by atoms with Crippen LogP contribution in [-0.4, -0.2) is 38.8 Å². The average molecular weight is 364 g/mol. The van der Waals surface area contributed by atoms with Gasteiger partial charge in [0.2, 0.25) is 11.8 Å². The van der Waals surface area contributed by atoms with E-state index in [0.717, 1.165) is 16.5 Å². The first-order valence-corrected chi connectivity index (χ1v) is 9.09. The van der Waals surface area contributed by atoms with E-state index in [2.05, 4.69) is 15.2 Å². The molecule has 0 saturated heterocycles. The molecule has 0 unspecified atom stereocenters. The highest BCUT2D eigenvalue weighted by atomic mass is 32.2. The fourth-order valence-corrected chi connectivity index (χ4v) is 3.30. The summed E-state index contributed by atoms with van der Waals surface area (Å²) < 4.78 is 10.8. The Morgan fingerprint density at radius 2 is 2.29 bits per heavy atom. The Morgan fingerprint density at radius 1 is 1.42 bits per heavy atom. The third-order valence-electron chi connectivity index (χ3n) is 3.17. The van der Waals surface area contributed by atoms with Crippen molar-refractivity contribution in [1.82, 2.24) is 20.1 Å². The molecule has 0 saturated carbocycles. The van der Waals surface area contributed by atoms with Crippen LogP contribution in [0.2, 0.25) is 0 Å². The third kappa shape index (κ3) is 4.45. The predicted octanol–water partition coefficient (Wildman–Crippen LogP) is 2.77. The molecule has 0 spiro atoms. The zero-order chi connectivity index (χ0) is 16.9. The van der Waals surface area contributed by atoms with E-state index in [1.54, 1.807) is 35.6 Å². The van der Waals surface area contributed by atoms with Crippen molar-refractivity contribution in [2.45, 2.75) is 25.1 Å². The Bertz CT molecular complexity index is 797. The lowest BCUT2D eigenvalue weighted by Gasteiger charge is -2.14. The topological polar surface area (TPSA) is 85.3 Å². The second kappa shape index (κ2) is 7.63. The lowest BCUT2D eigenvalue weighted by atomic mass is 10.3. The Kier molecular flexibility index (Phi) is 5.31. The molecule has 0 radical (unpaired) electrons. The summed E-state index contributed by atoms with van der Waals surface area (Å²) in [6, 6.07) is 3.63. The van der Waals surface area contributed by atoms with Gasteiger partial charge >= 0.3 is 0 Å². The molecule has 0 bridgehead atoms. The summed E-state index contributed by atoms with van der Waals surface area (Å²) in [5.74, 6) is 1.44. The maximum atomic E-state index is 12.1. The SMILES string of the molecule is Cc1nc(Cc2nnc(SCC(=O)N(C)Cc3ccco3)o2)cs1. The molecule has 9 heteroatoms. The van der Waals surface area contributed by atoms with E-state index in [1.165, 1.54) is 11.8 Å². The van der Waals surface area contributed by atoms with Crippen LogP contribution in [0, 0.1) is 6.92 Å². The molecule has 3 aromatic heterocycles. The van der Waals surface area contributed by atoms with Crippen LogP contribution in [0.25, 0.3) is 0 Å². The monoisotopic (exact) mass is 364 g/mol. The molecule has 24 heavy (non-hydrogen) atoms. The van der Waals surface area contributed by atoms with Crippen LogP contribution in [0.3, 0.4) is 0 Å². The predicted molar refractivity (Wildman–Crippen MR) is 89.9 cm³/mol. The van der Waals surface area contributed by atoms with E-state index >= 15 is 0 Å². The summed E-state index contributed by atoms with van der Waals surface area (Å²) in [6.45, 7) is 2.39. The number of aromatic nitrogens is 3. The number of thioether (sulfide) groups is 1. The Balaban J connectivity index is 1.48. The molecule has 7 nitrogen and oxygen atoms in total. The van der Waals surface area contributed by atoms with Gasteiger partial charge in [-0.15, -0.1) is 21.5 Å². The Morgan fingerprint density at radius 3 is 3.00 bits per heavy atom. The molecule has 3 aromatic rings. The highest BCUT2D eigenvalue weighted by molar-refractivity contribution is 7.99. The van der Waals surface area contributed by atoms with Gasteiger partial charge in [-0.25, -0.2) is 4.98 Å². The Labute approximate surface area is 147 Å². The zero-order valence-corrected chi connectivity index (χ0v) is 14.9. The van der Waals surface area contributed by atoms with E-state index in [-0.39, 0.29) is 11.7 Å². The molecule has 3 rings (SSSR count). The first-order valence-electron chi connectivity index (χ1n) is 7.22. The molecule has 0 N–H and O–H groups in total. The van der Waals surface area contributed by atoms with Crippen molar-refractivity contribution in [2.75, 3.05) is 12.8 Å². The van der Waals surface area contributed by atoms with E-state index in [1.807, 2.05) is 18.4 Å². The summed E-state index contributed by atoms with van der Waals surface area (Å²) in [5, 5.41) is 11.3. The van der Waals surface area contributed by atoms with Crippen molar-refractivity contribution in [3.05, 3.63) is 46.1 Å². The molecule has 0 aliphatic carbocycles. The molecule has 0 fully saturated rings. The molecular formula is C15H16N4O3S2. The van der Waals surface area contributed by atoms with Crippen LogP contribution in [0.4, 0.5) is 0 Å². The first kappa shape index (κ1) is 16.7. The van der Waals surface area contributed by atoms with Gasteiger partial charge in [-0.05, 0) is 19.1 Å². The van der Waals surface area contributed by atoms with Gasteiger partial charge in [0.1, 0.15) is 5.76 Å². The summed E-state index contributed by atoms with van der Waals surface area (Å²) in [5.41, 5.74) is 0.909. The van der Waals surface area contributed by atoms with Crippen LogP contribution in [0.1, 0.15) is 22.4 Å². The molecule has 0 aliphatic heterocycles. The van der Waals surface area contributed by atoms with Gasteiger partial charge in [0.25, 0.3) is 5.22 Å². The van der Waals surface area contributed by atoms with Crippen LogP contribution < -0.4 is 0 Å². The highest BCUT2D eigenvalue weighted by Crippen LogP contribution is 2.19. The van der Waals surface area contributed by atoms with Crippen molar-refractivity contribution in [3.8, 4) is 0 Å². The van der Waals surface area contributed by atoms with Gasteiger partial charge in [0.05, 0.1) is 35.7 Å². The van der Waals surface area contributed by atoms with Crippen LogP contribution in [0.5, 0.6) is 0 Å². The molecular weight excluding hydrogens is 348 g/mol. The van der Waals surface area contributed by atoms with Crippen LogP contribution in [0.15, 0.2) is 37.8 Å². The van der Waals surface area contributed by atoms with Gasteiger partial charge in [0.15, 0.2) is 0 Å². The van der Waals surface area contributed by atoms with Crippen molar-refractivity contribution in [3.63, 3.8) is 0 Å². The second-order valence-electron chi connectivity index (χ2n) is 5.11. The van der Waals surface area contributed by atoms with Gasteiger partial charge in [-0.1, -0.05) is 11.8 Å². The number of thiazole rings is 1. The molecule has 0 aliphatic rings. The number of carbonyl (C=O) groups is 1. The van der Waals surface area contributed by atoms with Crippen molar-refractivity contribution in [2.24, 2.45) is 0 Å². The number of hydrogen-bond donors (Lipinski definition) is 0. The molecule has 3 heterocycles.